The van der Waals surface area contributed by atoms with E-state index >= 15 is 0 Å². The third kappa shape index (κ3) is 1.97. The van der Waals surface area contributed by atoms with Gasteiger partial charge in [0.15, 0.2) is 0 Å². The van der Waals surface area contributed by atoms with Crippen molar-refractivity contribution < 1.29 is 0 Å². The van der Waals surface area contributed by atoms with Gasteiger partial charge in [-0.05, 0) is 6.92 Å². The molecule has 0 amide bonds. The van der Waals surface area contributed by atoms with Gasteiger partial charge in [0.1, 0.15) is 5.03 Å². The Bertz CT molecular complexity index is 238. The van der Waals surface area contributed by atoms with Crippen LogP contribution in [0, 0.1) is 6.92 Å². The molecule has 0 aliphatic carbocycles. The van der Waals surface area contributed by atoms with Gasteiger partial charge in [-0.2, -0.15) is 0 Å². The Balaban J connectivity index is 3.08. The maximum absolute atomic E-state index is 4.36. The van der Waals surface area contributed by atoms with Gasteiger partial charge in [-0.25, -0.2) is 4.98 Å². The lowest BCUT2D eigenvalue weighted by atomic mass is 9.98. The van der Waals surface area contributed by atoms with Crippen LogP contribution < -0.4 is 0 Å². The van der Waals surface area contributed by atoms with Crippen LogP contribution in [0.15, 0.2) is 5.03 Å². The second-order valence-electron chi connectivity index (χ2n) is 3.65. The SMILES string of the molecule is Cc1sc(C(C)(C)C)nc1S. The number of aryl methyl sites for hydroxylation is 1. The van der Waals surface area contributed by atoms with E-state index < -0.39 is 0 Å². The summed E-state index contributed by atoms with van der Waals surface area (Å²) in [7, 11) is 0. The average Bonchev–Trinajstić information content (AvgIpc) is 2.11. The number of nitrogens with zero attached hydrogens (tertiary/aromatic N) is 1. The lowest BCUT2D eigenvalue weighted by Crippen LogP contribution is -2.09. The van der Waals surface area contributed by atoms with Crippen LogP contribution in [-0.2, 0) is 5.41 Å². The molecule has 11 heavy (non-hydrogen) atoms. The number of hydrogen-bond acceptors (Lipinski definition) is 3. The first-order valence-electron chi connectivity index (χ1n) is 3.58. The van der Waals surface area contributed by atoms with Crippen molar-refractivity contribution in [3.63, 3.8) is 0 Å². The van der Waals surface area contributed by atoms with E-state index in [0.29, 0.717) is 0 Å². The summed E-state index contributed by atoms with van der Waals surface area (Å²) in [6.45, 7) is 8.55. The van der Waals surface area contributed by atoms with E-state index in [2.05, 4.69) is 45.3 Å². The Morgan fingerprint density at radius 3 is 2.09 bits per heavy atom. The van der Waals surface area contributed by atoms with Crippen LogP contribution >= 0.6 is 24.0 Å². The normalized spacial score (nSPS) is 12.1. The molecule has 0 saturated carbocycles. The molecule has 3 heteroatoms. The molecule has 0 saturated heterocycles. The maximum atomic E-state index is 4.36. The quantitative estimate of drug-likeness (QED) is 0.616. The molecule has 0 aromatic carbocycles. The van der Waals surface area contributed by atoms with Gasteiger partial charge >= 0.3 is 0 Å². The third-order valence-electron chi connectivity index (χ3n) is 1.41. The summed E-state index contributed by atoms with van der Waals surface area (Å²) in [6.07, 6.45) is 0. The molecule has 0 radical (unpaired) electrons. The number of aromatic nitrogens is 1. The van der Waals surface area contributed by atoms with Crippen molar-refractivity contribution in [2.24, 2.45) is 0 Å². The van der Waals surface area contributed by atoms with Gasteiger partial charge in [0.2, 0.25) is 0 Å². The van der Waals surface area contributed by atoms with Gasteiger partial charge in [0, 0.05) is 10.3 Å². The van der Waals surface area contributed by atoms with E-state index in [1.165, 1.54) is 9.88 Å². The molecule has 0 aliphatic heterocycles. The van der Waals surface area contributed by atoms with Gasteiger partial charge < -0.3 is 0 Å². The fourth-order valence-electron chi connectivity index (χ4n) is 0.709. The van der Waals surface area contributed by atoms with E-state index in [4.69, 9.17) is 0 Å². The molecule has 62 valence electrons. The zero-order valence-corrected chi connectivity index (χ0v) is 9.01. The first-order valence-corrected chi connectivity index (χ1v) is 4.84. The van der Waals surface area contributed by atoms with E-state index in [9.17, 15) is 0 Å². The van der Waals surface area contributed by atoms with Crippen molar-refractivity contribution in [3.05, 3.63) is 9.88 Å². The first kappa shape index (κ1) is 9.07. The standard InChI is InChI=1S/C8H13NS2/c1-5-6(10)9-7(11-5)8(2,3)4/h10H,1-4H3. The first-order chi connectivity index (χ1) is 4.91. The Kier molecular flexibility index (Phi) is 2.30. The Labute approximate surface area is 77.3 Å². The summed E-state index contributed by atoms with van der Waals surface area (Å²) >= 11 is 5.98. The Morgan fingerprint density at radius 2 is 1.91 bits per heavy atom. The number of thiol groups is 1. The molecule has 0 unspecified atom stereocenters. The second-order valence-corrected chi connectivity index (χ2v) is 5.28. The molecule has 1 aromatic rings. The van der Waals surface area contributed by atoms with Crippen LogP contribution in [0.25, 0.3) is 0 Å². The van der Waals surface area contributed by atoms with Crippen LogP contribution in [0.3, 0.4) is 0 Å². The predicted octanol–water partition coefficient (Wildman–Crippen LogP) is 3.04. The fraction of sp³-hybridized carbons (Fsp3) is 0.625. The van der Waals surface area contributed by atoms with Gasteiger partial charge in [0.25, 0.3) is 0 Å². The summed E-state index contributed by atoms with van der Waals surface area (Å²) in [6, 6.07) is 0. The van der Waals surface area contributed by atoms with Crippen LogP contribution in [0.4, 0.5) is 0 Å². The van der Waals surface area contributed by atoms with Gasteiger partial charge in [-0.15, -0.1) is 24.0 Å². The van der Waals surface area contributed by atoms with Crippen LogP contribution in [0.1, 0.15) is 30.7 Å². The molecule has 0 atom stereocenters. The molecule has 0 bridgehead atoms. The van der Waals surface area contributed by atoms with Crippen molar-refractivity contribution in [3.8, 4) is 0 Å². The van der Waals surface area contributed by atoms with Gasteiger partial charge in [-0.3, -0.25) is 0 Å². The maximum Gasteiger partial charge on any atom is 0.107 e. The average molecular weight is 187 g/mol. The van der Waals surface area contributed by atoms with Crippen molar-refractivity contribution in [2.75, 3.05) is 0 Å². The van der Waals surface area contributed by atoms with Gasteiger partial charge in [-0.1, -0.05) is 20.8 Å². The van der Waals surface area contributed by atoms with E-state index in [0.717, 1.165) is 5.03 Å². The van der Waals surface area contributed by atoms with Crippen molar-refractivity contribution in [1.82, 2.24) is 4.98 Å². The number of hydrogen-bond donors (Lipinski definition) is 1. The van der Waals surface area contributed by atoms with Crippen LogP contribution in [-0.4, -0.2) is 4.98 Å². The molecular formula is C8H13NS2. The summed E-state index contributed by atoms with van der Waals surface area (Å²) in [5, 5.41) is 2.04. The zero-order valence-electron chi connectivity index (χ0n) is 7.30. The summed E-state index contributed by atoms with van der Waals surface area (Å²) in [5.41, 5.74) is 0.163. The predicted molar refractivity (Wildman–Crippen MR) is 52.8 cm³/mol. The second kappa shape index (κ2) is 2.79. The summed E-state index contributed by atoms with van der Waals surface area (Å²) in [4.78, 5) is 5.57. The minimum atomic E-state index is 0.163. The topological polar surface area (TPSA) is 12.9 Å². The van der Waals surface area contributed by atoms with Crippen molar-refractivity contribution in [2.45, 2.75) is 38.1 Å². The van der Waals surface area contributed by atoms with Crippen LogP contribution in [0.5, 0.6) is 0 Å². The molecule has 0 aliphatic rings. The molecule has 1 rings (SSSR count). The summed E-state index contributed by atoms with van der Waals surface area (Å²) < 4.78 is 0. The minimum Gasteiger partial charge on any atom is -0.234 e. The van der Waals surface area contributed by atoms with E-state index in [-0.39, 0.29) is 5.41 Å². The highest BCUT2D eigenvalue weighted by atomic mass is 32.1. The monoisotopic (exact) mass is 187 g/mol. The summed E-state index contributed by atoms with van der Waals surface area (Å²) in [5.74, 6) is 0. The zero-order chi connectivity index (χ0) is 8.65. The van der Waals surface area contributed by atoms with Crippen molar-refractivity contribution >= 4 is 24.0 Å². The largest absolute Gasteiger partial charge is 0.234 e. The Morgan fingerprint density at radius 1 is 1.36 bits per heavy atom. The lowest BCUT2D eigenvalue weighted by molar-refractivity contribution is 0.581. The van der Waals surface area contributed by atoms with Crippen LogP contribution in [0.2, 0.25) is 0 Å². The highest BCUT2D eigenvalue weighted by molar-refractivity contribution is 7.80. The molecule has 0 fully saturated rings. The lowest BCUT2D eigenvalue weighted by Gasteiger charge is -2.13. The third-order valence-corrected chi connectivity index (χ3v) is 3.40. The molecule has 0 N–H and O–H groups in total. The molecule has 1 aromatic heterocycles. The molecule has 1 heterocycles. The highest BCUT2D eigenvalue weighted by Gasteiger charge is 2.18. The van der Waals surface area contributed by atoms with Gasteiger partial charge in [0.05, 0.1) is 5.01 Å². The smallest absolute Gasteiger partial charge is 0.107 e. The fourth-order valence-corrected chi connectivity index (χ4v) is 1.88. The molecule has 1 nitrogen and oxygen atoms in total. The molecular weight excluding hydrogens is 174 g/mol. The number of thiazole rings is 1. The van der Waals surface area contributed by atoms with E-state index in [1.807, 2.05) is 0 Å². The minimum absolute atomic E-state index is 0.163. The molecule has 0 spiro atoms. The van der Waals surface area contributed by atoms with Crippen molar-refractivity contribution in [1.29, 1.82) is 0 Å². The Hall–Kier alpha value is -0.0200. The van der Waals surface area contributed by atoms with E-state index in [1.54, 1.807) is 11.3 Å². The highest BCUT2D eigenvalue weighted by Crippen LogP contribution is 2.29. The number of rotatable bonds is 0.